The van der Waals surface area contributed by atoms with E-state index >= 15 is 0 Å². The molecule has 1 amide bonds. The van der Waals surface area contributed by atoms with Gasteiger partial charge in [-0.25, -0.2) is 4.98 Å². The number of nitrogens with zero attached hydrogens (tertiary/aromatic N) is 3. The minimum absolute atomic E-state index is 0.0460. The molecule has 0 radical (unpaired) electrons. The van der Waals surface area contributed by atoms with Crippen molar-refractivity contribution in [2.75, 3.05) is 50.1 Å². The Balaban J connectivity index is 1.53. The lowest BCUT2D eigenvalue weighted by Gasteiger charge is -2.36. The number of nitrogens with one attached hydrogen (secondary N) is 1. The number of unbranched alkanes of at least 4 members (excludes halogenated alkanes) is 2. The second-order valence-corrected chi connectivity index (χ2v) is 7.02. The Morgan fingerprint density at radius 1 is 1.11 bits per heavy atom. The van der Waals surface area contributed by atoms with E-state index in [0.717, 1.165) is 43.3 Å². The third-order valence-corrected chi connectivity index (χ3v) is 5.09. The number of anilines is 2. The van der Waals surface area contributed by atoms with Crippen LogP contribution in [0.25, 0.3) is 0 Å². The quantitative estimate of drug-likeness (QED) is 0.706. The summed E-state index contributed by atoms with van der Waals surface area (Å²) in [5.41, 5.74) is 1.72. The van der Waals surface area contributed by atoms with Crippen molar-refractivity contribution in [2.45, 2.75) is 26.2 Å². The fourth-order valence-corrected chi connectivity index (χ4v) is 3.44. The molecule has 6 nitrogen and oxygen atoms in total. The molecule has 1 saturated heterocycles. The second-order valence-electron chi connectivity index (χ2n) is 7.02. The van der Waals surface area contributed by atoms with Gasteiger partial charge in [0, 0.05) is 38.9 Å². The number of para-hydroxylation sites is 2. The summed E-state index contributed by atoms with van der Waals surface area (Å²) in [7, 11) is 1.69. The smallest absolute Gasteiger partial charge is 0.255 e. The minimum Gasteiger partial charge on any atom is -0.495 e. The molecule has 1 fully saturated rings. The summed E-state index contributed by atoms with van der Waals surface area (Å²) in [5, 5.41) is 3.31. The molecule has 3 rings (SSSR count). The van der Waals surface area contributed by atoms with Gasteiger partial charge in [-0.1, -0.05) is 31.9 Å². The highest BCUT2D eigenvalue weighted by atomic mass is 16.5. The molecule has 0 aliphatic carbocycles. The average Bonchev–Trinajstić information content (AvgIpc) is 2.77. The number of rotatable bonds is 8. The van der Waals surface area contributed by atoms with Gasteiger partial charge in [0.25, 0.3) is 5.91 Å². The molecule has 0 bridgehead atoms. The molecule has 2 heterocycles. The van der Waals surface area contributed by atoms with Crippen molar-refractivity contribution in [1.29, 1.82) is 0 Å². The van der Waals surface area contributed by atoms with Crippen LogP contribution in [0.3, 0.4) is 0 Å². The van der Waals surface area contributed by atoms with Crippen LogP contribution in [-0.4, -0.2) is 55.6 Å². The number of methoxy groups -OCH3 is 1. The largest absolute Gasteiger partial charge is 0.495 e. The van der Waals surface area contributed by atoms with Crippen molar-refractivity contribution >= 4 is 17.4 Å². The molecule has 6 heteroatoms. The van der Waals surface area contributed by atoms with Gasteiger partial charge >= 0.3 is 0 Å². The van der Waals surface area contributed by atoms with Gasteiger partial charge in [-0.15, -0.1) is 0 Å². The molecule has 0 atom stereocenters. The zero-order valence-electron chi connectivity index (χ0n) is 16.9. The van der Waals surface area contributed by atoms with E-state index in [0.29, 0.717) is 18.7 Å². The number of ether oxygens (including phenoxy) is 1. The summed E-state index contributed by atoms with van der Waals surface area (Å²) in [4.78, 5) is 21.4. The molecule has 28 heavy (non-hydrogen) atoms. The first kappa shape index (κ1) is 20.0. The number of pyridine rings is 1. The van der Waals surface area contributed by atoms with Crippen molar-refractivity contribution in [2.24, 2.45) is 0 Å². The van der Waals surface area contributed by atoms with E-state index in [9.17, 15) is 4.79 Å². The van der Waals surface area contributed by atoms with E-state index in [2.05, 4.69) is 28.2 Å². The molecule has 1 aliphatic rings. The van der Waals surface area contributed by atoms with Crippen LogP contribution < -0.4 is 15.0 Å². The third-order valence-electron chi connectivity index (χ3n) is 5.09. The highest BCUT2D eigenvalue weighted by Gasteiger charge is 2.23. The van der Waals surface area contributed by atoms with Gasteiger partial charge in [0.05, 0.1) is 18.4 Å². The lowest BCUT2D eigenvalue weighted by molar-refractivity contribution is 0.0746. The van der Waals surface area contributed by atoms with Crippen LogP contribution >= 0.6 is 0 Å². The zero-order valence-corrected chi connectivity index (χ0v) is 16.9. The Morgan fingerprint density at radius 3 is 2.57 bits per heavy atom. The molecule has 0 saturated carbocycles. The van der Waals surface area contributed by atoms with Gasteiger partial charge < -0.3 is 19.9 Å². The van der Waals surface area contributed by atoms with Crippen LogP contribution in [0, 0.1) is 0 Å². The maximum absolute atomic E-state index is 12.8. The van der Waals surface area contributed by atoms with Crippen molar-refractivity contribution in [3.63, 3.8) is 0 Å². The van der Waals surface area contributed by atoms with E-state index in [4.69, 9.17) is 4.74 Å². The zero-order chi connectivity index (χ0) is 19.8. The molecular weight excluding hydrogens is 352 g/mol. The van der Waals surface area contributed by atoms with Crippen LogP contribution in [0.15, 0.2) is 42.6 Å². The van der Waals surface area contributed by atoms with E-state index in [1.807, 2.05) is 35.2 Å². The van der Waals surface area contributed by atoms with Crippen molar-refractivity contribution in [1.82, 2.24) is 9.88 Å². The van der Waals surface area contributed by atoms with E-state index in [1.54, 1.807) is 13.3 Å². The van der Waals surface area contributed by atoms with Crippen LogP contribution in [-0.2, 0) is 0 Å². The van der Waals surface area contributed by atoms with E-state index in [1.165, 1.54) is 12.8 Å². The van der Waals surface area contributed by atoms with Crippen molar-refractivity contribution in [3.8, 4) is 5.75 Å². The number of amides is 1. The first-order valence-electron chi connectivity index (χ1n) is 10.1. The Morgan fingerprint density at radius 2 is 1.89 bits per heavy atom. The van der Waals surface area contributed by atoms with Crippen LogP contribution in [0.2, 0.25) is 0 Å². The first-order chi connectivity index (χ1) is 13.7. The number of benzene rings is 1. The summed E-state index contributed by atoms with van der Waals surface area (Å²) in [5.74, 6) is 1.74. The monoisotopic (exact) mass is 382 g/mol. The van der Waals surface area contributed by atoms with Crippen LogP contribution in [0.1, 0.15) is 36.5 Å². The fraction of sp³-hybridized carbons (Fsp3) is 0.455. The maximum atomic E-state index is 12.8. The predicted molar refractivity (Wildman–Crippen MR) is 113 cm³/mol. The standard InChI is InChI=1S/C22H30N4O2/c1-3-4-7-12-23-21-11-10-18(17-24-21)22(27)26-15-13-25(14-16-26)19-8-5-6-9-20(19)28-2/h5-6,8-11,17H,3-4,7,12-16H2,1-2H3,(H,23,24). The SMILES string of the molecule is CCCCCNc1ccc(C(=O)N2CCN(c3ccccc3OC)CC2)cn1. The number of aromatic nitrogens is 1. The van der Waals surface area contributed by atoms with E-state index < -0.39 is 0 Å². The Hall–Kier alpha value is -2.76. The van der Waals surface area contributed by atoms with Crippen molar-refractivity contribution < 1.29 is 9.53 Å². The summed E-state index contributed by atoms with van der Waals surface area (Å²) in [6.45, 7) is 6.06. The highest BCUT2D eigenvalue weighted by Crippen LogP contribution is 2.28. The number of piperazine rings is 1. The number of carbonyl (C=O) groups is 1. The van der Waals surface area contributed by atoms with Crippen LogP contribution in [0.5, 0.6) is 5.75 Å². The summed E-state index contributed by atoms with van der Waals surface area (Å²) >= 11 is 0. The molecule has 0 unspecified atom stereocenters. The number of carbonyl (C=O) groups excluding carboxylic acids is 1. The lowest BCUT2D eigenvalue weighted by atomic mass is 10.2. The average molecular weight is 383 g/mol. The molecule has 0 spiro atoms. The molecule has 1 aromatic carbocycles. The first-order valence-corrected chi connectivity index (χ1v) is 10.1. The van der Waals surface area contributed by atoms with Gasteiger partial charge in [0.15, 0.2) is 0 Å². The normalized spacial score (nSPS) is 14.1. The lowest BCUT2D eigenvalue weighted by Crippen LogP contribution is -2.48. The Bertz CT molecular complexity index is 755. The summed E-state index contributed by atoms with van der Waals surface area (Å²) < 4.78 is 5.46. The van der Waals surface area contributed by atoms with Gasteiger partial charge in [-0.3, -0.25) is 4.79 Å². The van der Waals surface area contributed by atoms with E-state index in [-0.39, 0.29) is 5.91 Å². The molecule has 150 valence electrons. The van der Waals surface area contributed by atoms with Gasteiger partial charge in [0.2, 0.25) is 0 Å². The van der Waals surface area contributed by atoms with Gasteiger partial charge in [-0.2, -0.15) is 0 Å². The fourth-order valence-electron chi connectivity index (χ4n) is 3.44. The molecule has 1 aromatic heterocycles. The third kappa shape index (κ3) is 4.94. The Kier molecular flexibility index (Phi) is 7.12. The molecular formula is C22H30N4O2. The molecule has 2 aromatic rings. The Labute approximate surface area is 167 Å². The predicted octanol–water partition coefficient (Wildman–Crippen LogP) is 3.65. The maximum Gasteiger partial charge on any atom is 0.255 e. The van der Waals surface area contributed by atoms with Gasteiger partial charge in [-0.05, 0) is 30.7 Å². The highest BCUT2D eigenvalue weighted by molar-refractivity contribution is 5.94. The summed E-state index contributed by atoms with van der Waals surface area (Å²) in [6, 6.07) is 11.8. The van der Waals surface area contributed by atoms with Gasteiger partial charge in [0.1, 0.15) is 11.6 Å². The number of hydrogen-bond donors (Lipinski definition) is 1. The van der Waals surface area contributed by atoms with Crippen molar-refractivity contribution in [3.05, 3.63) is 48.2 Å². The molecule has 1 N–H and O–H groups in total. The molecule has 1 aliphatic heterocycles. The topological polar surface area (TPSA) is 57.7 Å². The minimum atomic E-state index is 0.0460. The number of hydrogen-bond acceptors (Lipinski definition) is 5. The summed E-state index contributed by atoms with van der Waals surface area (Å²) in [6.07, 6.45) is 5.23. The second kappa shape index (κ2) is 9.97. The van der Waals surface area contributed by atoms with Crippen LogP contribution in [0.4, 0.5) is 11.5 Å².